The summed E-state index contributed by atoms with van der Waals surface area (Å²) in [6, 6.07) is -0.769. The van der Waals surface area contributed by atoms with Crippen molar-refractivity contribution in [1.82, 2.24) is 0 Å². The third-order valence-corrected chi connectivity index (χ3v) is 2.54. The Morgan fingerprint density at radius 2 is 2.33 bits per heavy atom. The van der Waals surface area contributed by atoms with Crippen molar-refractivity contribution >= 4 is 17.7 Å². The van der Waals surface area contributed by atoms with Crippen molar-refractivity contribution in [3.8, 4) is 0 Å². The van der Waals surface area contributed by atoms with Gasteiger partial charge in [0.25, 0.3) is 0 Å². The lowest BCUT2D eigenvalue weighted by Gasteiger charge is -2.11. The summed E-state index contributed by atoms with van der Waals surface area (Å²) in [4.78, 5) is 10.3. The van der Waals surface area contributed by atoms with Crippen molar-refractivity contribution in [2.24, 2.45) is 5.73 Å². The van der Waals surface area contributed by atoms with Gasteiger partial charge in [-0.15, -0.1) is 0 Å². The van der Waals surface area contributed by atoms with Gasteiger partial charge in [-0.3, -0.25) is 4.79 Å². The first-order valence-corrected chi connectivity index (χ1v) is 4.71. The van der Waals surface area contributed by atoms with Crippen LogP contribution >= 0.6 is 11.8 Å². The topological polar surface area (TPSA) is 72.5 Å². The smallest absolute Gasteiger partial charge is 0.321 e. The van der Waals surface area contributed by atoms with Crippen LogP contribution < -0.4 is 5.73 Å². The van der Waals surface area contributed by atoms with Crippen LogP contribution in [0.1, 0.15) is 6.92 Å². The van der Waals surface area contributed by atoms with Crippen molar-refractivity contribution in [2.75, 3.05) is 19.5 Å². The van der Waals surface area contributed by atoms with Gasteiger partial charge >= 0.3 is 5.97 Å². The molecule has 12 heavy (non-hydrogen) atoms. The molecule has 0 aromatic heterocycles. The Labute approximate surface area is 76.5 Å². The standard InChI is InChI=1S/C7H15NO3S/c1-5(3-11-2)12-4-6(8)7(9)10/h5-6H,3-4,8H2,1-2H3,(H,9,10). The van der Waals surface area contributed by atoms with Crippen LogP contribution in [0.15, 0.2) is 0 Å². The maximum atomic E-state index is 10.3. The number of carboxylic acids is 1. The predicted octanol–water partition coefficient (Wildman–Crippen LogP) is 0.166. The molecule has 0 fully saturated rings. The zero-order valence-corrected chi connectivity index (χ0v) is 8.13. The van der Waals surface area contributed by atoms with Crippen LogP contribution in [-0.2, 0) is 9.53 Å². The fourth-order valence-corrected chi connectivity index (χ4v) is 1.53. The van der Waals surface area contributed by atoms with Crippen molar-refractivity contribution < 1.29 is 14.6 Å². The minimum Gasteiger partial charge on any atom is -0.480 e. The maximum Gasteiger partial charge on any atom is 0.321 e. The summed E-state index contributed by atoms with van der Waals surface area (Å²) in [5.41, 5.74) is 5.30. The number of hydrogen-bond donors (Lipinski definition) is 2. The third-order valence-electron chi connectivity index (χ3n) is 1.28. The van der Waals surface area contributed by atoms with Gasteiger partial charge in [0.2, 0.25) is 0 Å². The van der Waals surface area contributed by atoms with E-state index in [0.29, 0.717) is 17.6 Å². The van der Waals surface area contributed by atoms with E-state index in [1.54, 1.807) is 7.11 Å². The van der Waals surface area contributed by atoms with E-state index in [-0.39, 0.29) is 0 Å². The van der Waals surface area contributed by atoms with E-state index in [0.717, 1.165) is 0 Å². The molecule has 0 saturated carbocycles. The average molecular weight is 193 g/mol. The van der Waals surface area contributed by atoms with E-state index in [9.17, 15) is 4.79 Å². The molecule has 0 bridgehead atoms. The van der Waals surface area contributed by atoms with Crippen LogP contribution in [0.2, 0.25) is 0 Å². The number of thioether (sulfide) groups is 1. The first-order chi connectivity index (χ1) is 5.57. The van der Waals surface area contributed by atoms with E-state index in [1.165, 1.54) is 11.8 Å². The zero-order valence-electron chi connectivity index (χ0n) is 7.32. The SMILES string of the molecule is COCC(C)SCC(N)C(=O)O. The van der Waals surface area contributed by atoms with Crippen molar-refractivity contribution in [1.29, 1.82) is 0 Å². The van der Waals surface area contributed by atoms with Gasteiger partial charge in [-0.05, 0) is 0 Å². The summed E-state index contributed by atoms with van der Waals surface area (Å²) >= 11 is 1.51. The zero-order chi connectivity index (χ0) is 9.56. The van der Waals surface area contributed by atoms with Gasteiger partial charge in [0.05, 0.1) is 6.61 Å². The number of rotatable bonds is 6. The molecule has 0 aromatic rings. The molecule has 0 amide bonds. The van der Waals surface area contributed by atoms with Crippen LogP contribution in [-0.4, -0.2) is 41.8 Å². The van der Waals surface area contributed by atoms with Crippen LogP contribution in [0.5, 0.6) is 0 Å². The Bertz CT molecular complexity index is 143. The Kier molecular flexibility index (Phi) is 6.14. The summed E-state index contributed by atoms with van der Waals surface area (Å²) in [5, 5.41) is 8.75. The summed E-state index contributed by atoms with van der Waals surface area (Å²) in [6.07, 6.45) is 0. The number of aliphatic carboxylic acids is 1. The molecule has 3 N–H and O–H groups in total. The second-order valence-electron chi connectivity index (χ2n) is 2.54. The van der Waals surface area contributed by atoms with Crippen molar-refractivity contribution in [3.05, 3.63) is 0 Å². The predicted molar refractivity (Wildman–Crippen MR) is 49.4 cm³/mol. The minimum absolute atomic E-state index is 0.292. The molecule has 0 heterocycles. The highest BCUT2D eigenvalue weighted by Gasteiger charge is 2.12. The number of carbonyl (C=O) groups is 1. The van der Waals surface area contributed by atoms with Gasteiger partial charge in [-0.1, -0.05) is 6.92 Å². The Morgan fingerprint density at radius 1 is 1.75 bits per heavy atom. The molecule has 0 spiro atoms. The highest BCUT2D eigenvalue weighted by Crippen LogP contribution is 2.10. The molecule has 0 aromatic carbocycles. The Morgan fingerprint density at radius 3 is 2.75 bits per heavy atom. The third kappa shape index (κ3) is 5.40. The molecule has 0 rings (SSSR count). The first kappa shape index (κ1) is 11.7. The van der Waals surface area contributed by atoms with Crippen LogP contribution in [0.4, 0.5) is 0 Å². The molecule has 2 atom stereocenters. The largest absolute Gasteiger partial charge is 0.480 e. The summed E-state index contributed by atoms with van der Waals surface area (Å²) < 4.78 is 4.89. The first-order valence-electron chi connectivity index (χ1n) is 3.66. The molecular weight excluding hydrogens is 178 g/mol. The number of ether oxygens (including phenoxy) is 1. The Hall–Kier alpha value is -0.260. The van der Waals surface area contributed by atoms with E-state index in [2.05, 4.69) is 0 Å². The monoisotopic (exact) mass is 193 g/mol. The van der Waals surface area contributed by atoms with Crippen LogP contribution in [0.25, 0.3) is 0 Å². The van der Waals surface area contributed by atoms with E-state index in [1.807, 2.05) is 6.92 Å². The number of methoxy groups -OCH3 is 1. The van der Waals surface area contributed by atoms with E-state index in [4.69, 9.17) is 15.6 Å². The van der Waals surface area contributed by atoms with Gasteiger partial charge in [-0.2, -0.15) is 11.8 Å². The number of carboxylic acid groups (broad SMARTS) is 1. The summed E-state index contributed by atoms with van der Waals surface area (Å²) in [6.45, 7) is 2.60. The van der Waals surface area contributed by atoms with E-state index >= 15 is 0 Å². The maximum absolute atomic E-state index is 10.3. The quantitative estimate of drug-likeness (QED) is 0.629. The van der Waals surface area contributed by atoms with Gasteiger partial charge in [0, 0.05) is 18.1 Å². The molecule has 72 valence electrons. The molecule has 0 radical (unpaired) electrons. The second-order valence-corrected chi connectivity index (χ2v) is 4.02. The molecule has 0 aliphatic rings. The van der Waals surface area contributed by atoms with Gasteiger partial charge < -0.3 is 15.6 Å². The average Bonchev–Trinajstić information content (AvgIpc) is 2.00. The Balaban J connectivity index is 3.46. The van der Waals surface area contributed by atoms with Gasteiger partial charge in [-0.25, -0.2) is 0 Å². The highest BCUT2D eigenvalue weighted by atomic mass is 32.2. The molecule has 0 aliphatic heterocycles. The fourth-order valence-electron chi connectivity index (χ4n) is 0.622. The molecule has 0 saturated heterocycles. The fraction of sp³-hybridized carbons (Fsp3) is 0.857. The molecule has 2 unspecified atom stereocenters. The lowest BCUT2D eigenvalue weighted by Crippen LogP contribution is -2.33. The summed E-state index contributed by atoms with van der Waals surface area (Å²) in [5.74, 6) is -0.521. The minimum atomic E-state index is -0.952. The molecule has 4 nitrogen and oxygen atoms in total. The van der Waals surface area contributed by atoms with Gasteiger partial charge in [0.15, 0.2) is 0 Å². The number of nitrogens with two attached hydrogens (primary N) is 1. The van der Waals surface area contributed by atoms with Crippen LogP contribution in [0.3, 0.4) is 0 Å². The van der Waals surface area contributed by atoms with Crippen LogP contribution in [0, 0.1) is 0 Å². The molecule has 0 aliphatic carbocycles. The second kappa shape index (κ2) is 6.28. The van der Waals surface area contributed by atoms with Crippen molar-refractivity contribution in [2.45, 2.75) is 18.2 Å². The normalized spacial score (nSPS) is 15.6. The molecular formula is C7H15NO3S. The lowest BCUT2D eigenvalue weighted by molar-refractivity contribution is -0.137. The lowest BCUT2D eigenvalue weighted by atomic mass is 10.4. The summed E-state index contributed by atoms with van der Waals surface area (Å²) in [7, 11) is 1.62. The van der Waals surface area contributed by atoms with Gasteiger partial charge in [0.1, 0.15) is 6.04 Å². The van der Waals surface area contributed by atoms with Crippen molar-refractivity contribution in [3.63, 3.8) is 0 Å². The van der Waals surface area contributed by atoms with E-state index < -0.39 is 12.0 Å². The molecule has 5 heteroatoms. The highest BCUT2D eigenvalue weighted by molar-refractivity contribution is 7.99. The number of hydrogen-bond acceptors (Lipinski definition) is 4.